The molecule has 0 atom stereocenters. The van der Waals surface area contributed by atoms with Gasteiger partial charge in [-0.2, -0.15) is 4.31 Å². The minimum absolute atomic E-state index is 0.0924. The third-order valence-electron chi connectivity index (χ3n) is 6.11. The minimum atomic E-state index is -3.66. The highest BCUT2D eigenvalue weighted by atomic mass is 32.2. The van der Waals surface area contributed by atoms with Gasteiger partial charge in [-0.3, -0.25) is 9.59 Å². The van der Waals surface area contributed by atoms with Crippen molar-refractivity contribution in [3.8, 4) is 5.75 Å². The smallest absolute Gasteiger partial charge is 0.251 e. The summed E-state index contributed by atoms with van der Waals surface area (Å²) in [6.07, 6.45) is 0.0924. The Hall–Kier alpha value is -3.89. The molecule has 2 amide bonds. The van der Waals surface area contributed by atoms with Crippen LogP contribution in [0.2, 0.25) is 0 Å². The SMILES string of the molecule is COc1ccccc1N1CCN(S(=O)(=O)c2ccc(NC(=O)CCNC(=O)c3ccccc3)cc2)CC1. The van der Waals surface area contributed by atoms with E-state index < -0.39 is 10.0 Å². The molecule has 4 rings (SSSR count). The maximum atomic E-state index is 13.2. The zero-order chi connectivity index (χ0) is 26.3. The van der Waals surface area contributed by atoms with E-state index in [2.05, 4.69) is 15.5 Å². The van der Waals surface area contributed by atoms with Gasteiger partial charge < -0.3 is 20.3 Å². The molecule has 1 saturated heterocycles. The van der Waals surface area contributed by atoms with E-state index in [1.807, 2.05) is 30.3 Å². The summed E-state index contributed by atoms with van der Waals surface area (Å²) >= 11 is 0. The van der Waals surface area contributed by atoms with E-state index in [4.69, 9.17) is 4.74 Å². The fraction of sp³-hybridized carbons (Fsp3) is 0.259. The molecule has 3 aromatic carbocycles. The van der Waals surface area contributed by atoms with Crippen molar-refractivity contribution in [3.63, 3.8) is 0 Å². The lowest BCUT2D eigenvalue weighted by Gasteiger charge is -2.35. The lowest BCUT2D eigenvalue weighted by molar-refractivity contribution is -0.116. The van der Waals surface area contributed by atoms with E-state index in [1.165, 1.54) is 16.4 Å². The van der Waals surface area contributed by atoms with Crippen molar-refractivity contribution in [1.29, 1.82) is 0 Å². The number of nitrogens with zero attached hydrogens (tertiary/aromatic N) is 2. The van der Waals surface area contributed by atoms with Gasteiger partial charge in [-0.05, 0) is 48.5 Å². The van der Waals surface area contributed by atoms with Crippen LogP contribution in [0.1, 0.15) is 16.8 Å². The molecular weight excluding hydrogens is 492 g/mol. The number of nitrogens with one attached hydrogen (secondary N) is 2. The summed E-state index contributed by atoms with van der Waals surface area (Å²) in [6, 6.07) is 22.6. The van der Waals surface area contributed by atoms with Gasteiger partial charge in [0.1, 0.15) is 5.75 Å². The van der Waals surface area contributed by atoms with Crippen LogP contribution in [0.5, 0.6) is 5.75 Å². The van der Waals surface area contributed by atoms with Gasteiger partial charge >= 0.3 is 0 Å². The molecule has 3 aromatic rings. The standard InChI is InChI=1S/C27H30N4O5S/c1-36-25-10-6-5-9-24(25)30-17-19-31(20-18-30)37(34,35)23-13-11-22(12-14-23)29-26(32)15-16-28-27(33)21-7-3-2-4-8-21/h2-14H,15-20H2,1H3,(H,28,33)(H,29,32). The molecule has 9 nitrogen and oxygen atoms in total. The summed E-state index contributed by atoms with van der Waals surface area (Å²) < 4.78 is 33.2. The van der Waals surface area contributed by atoms with E-state index in [1.54, 1.807) is 43.5 Å². The van der Waals surface area contributed by atoms with E-state index in [0.29, 0.717) is 37.4 Å². The molecule has 1 heterocycles. The third-order valence-corrected chi connectivity index (χ3v) is 8.03. The Labute approximate surface area is 217 Å². The first kappa shape index (κ1) is 26.2. The normalized spacial score (nSPS) is 14.1. The molecule has 0 saturated carbocycles. The molecule has 2 N–H and O–H groups in total. The van der Waals surface area contributed by atoms with Crippen LogP contribution in [0.3, 0.4) is 0 Å². The number of ether oxygens (including phenoxy) is 1. The number of methoxy groups -OCH3 is 1. The van der Waals surface area contributed by atoms with Crippen molar-refractivity contribution in [3.05, 3.63) is 84.4 Å². The second-order valence-corrected chi connectivity index (χ2v) is 10.4. The topological polar surface area (TPSA) is 108 Å². The molecule has 0 unspecified atom stereocenters. The maximum Gasteiger partial charge on any atom is 0.251 e. The van der Waals surface area contributed by atoms with Crippen molar-refractivity contribution in [2.75, 3.05) is 50.1 Å². The van der Waals surface area contributed by atoms with Gasteiger partial charge in [0.05, 0.1) is 17.7 Å². The maximum absolute atomic E-state index is 13.2. The number of para-hydroxylation sites is 2. The number of hydrogen-bond acceptors (Lipinski definition) is 6. The molecule has 0 aliphatic carbocycles. The van der Waals surface area contributed by atoms with Crippen molar-refractivity contribution in [2.24, 2.45) is 0 Å². The van der Waals surface area contributed by atoms with Gasteiger partial charge in [0, 0.05) is 50.4 Å². The molecule has 37 heavy (non-hydrogen) atoms. The van der Waals surface area contributed by atoms with Crippen LogP contribution < -0.4 is 20.3 Å². The van der Waals surface area contributed by atoms with Crippen molar-refractivity contribution in [2.45, 2.75) is 11.3 Å². The van der Waals surface area contributed by atoms with Gasteiger partial charge in [0.15, 0.2) is 0 Å². The second kappa shape index (κ2) is 11.9. The predicted octanol–water partition coefficient (Wildman–Crippen LogP) is 2.96. The van der Waals surface area contributed by atoms with E-state index in [0.717, 1.165) is 11.4 Å². The van der Waals surface area contributed by atoms with Gasteiger partial charge in [0.25, 0.3) is 5.91 Å². The van der Waals surface area contributed by atoms with E-state index >= 15 is 0 Å². The Bertz CT molecular complexity index is 1320. The average molecular weight is 523 g/mol. The van der Waals surface area contributed by atoms with E-state index in [9.17, 15) is 18.0 Å². The summed E-state index contributed by atoms with van der Waals surface area (Å²) in [5, 5.41) is 5.44. The van der Waals surface area contributed by atoms with Gasteiger partial charge in [0.2, 0.25) is 15.9 Å². The number of piperazine rings is 1. The highest BCUT2D eigenvalue weighted by molar-refractivity contribution is 7.89. The largest absolute Gasteiger partial charge is 0.495 e. The number of carbonyl (C=O) groups is 2. The number of carbonyl (C=O) groups excluding carboxylic acids is 2. The number of anilines is 2. The predicted molar refractivity (Wildman–Crippen MR) is 142 cm³/mol. The van der Waals surface area contributed by atoms with Crippen LogP contribution in [-0.4, -0.2) is 64.4 Å². The van der Waals surface area contributed by atoms with Crippen LogP contribution in [0.15, 0.2) is 83.8 Å². The zero-order valence-corrected chi connectivity index (χ0v) is 21.4. The summed E-state index contributed by atoms with van der Waals surface area (Å²) in [5.74, 6) is 0.234. The monoisotopic (exact) mass is 522 g/mol. The fourth-order valence-corrected chi connectivity index (χ4v) is 5.55. The molecule has 0 aromatic heterocycles. The number of sulfonamides is 1. The molecule has 0 bridgehead atoms. The zero-order valence-electron chi connectivity index (χ0n) is 20.6. The number of benzene rings is 3. The number of hydrogen-bond donors (Lipinski definition) is 2. The molecule has 0 radical (unpaired) electrons. The van der Waals surface area contributed by atoms with Crippen LogP contribution in [0.4, 0.5) is 11.4 Å². The summed E-state index contributed by atoms with van der Waals surface area (Å²) in [4.78, 5) is 26.6. The lowest BCUT2D eigenvalue weighted by Crippen LogP contribution is -2.48. The molecular formula is C27H30N4O5S. The van der Waals surface area contributed by atoms with Crippen molar-refractivity contribution >= 4 is 33.2 Å². The summed E-state index contributed by atoms with van der Waals surface area (Å²) in [7, 11) is -2.04. The first-order valence-corrected chi connectivity index (χ1v) is 13.4. The van der Waals surface area contributed by atoms with Gasteiger partial charge in [-0.25, -0.2) is 8.42 Å². The first-order valence-electron chi connectivity index (χ1n) is 12.0. The second-order valence-electron chi connectivity index (χ2n) is 8.51. The molecule has 10 heteroatoms. The van der Waals surface area contributed by atoms with Gasteiger partial charge in [-0.1, -0.05) is 30.3 Å². The Balaban J connectivity index is 1.28. The molecule has 1 aliphatic rings. The van der Waals surface area contributed by atoms with Crippen LogP contribution in [-0.2, 0) is 14.8 Å². The molecule has 194 valence electrons. The number of rotatable bonds is 9. The minimum Gasteiger partial charge on any atom is -0.495 e. The fourth-order valence-electron chi connectivity index (χ4n) is 4.12. The van der Waals surface area contributed by atoms with Crippen molar-refractivity contribution in [1.82, 2.24) is 9.62 Å². The van der Waals surface area contributed by atoms with Crippen LogP contribution in [0.25, 0.3) is 0 Å². The first-order chi connectivity index (χ1) is 17.9. The average Bonchev–Trinajstić information content (AvgIpc) is 2.94. The summed E-state index contributed by atoms with van der Waals surface area (Å²) in [5.41, 5.74) is 1.96. The Morgan fingerprint density at radius 3 is 2.19 bits per heavy atom. The Morgan fingerprint density at radius 1 is 0.865 bits per heavy atom. The highest BCUT2D eigenvalue weighted by Gasteiger charge is 2.29. The quantitative estimate of drug-likeness (QED) is 0.447. The molecule has 0 spiro atoms. The van der Waals surface area contributed by atoms with E-state index in [-0.39, 0.29) is 29.7 Å². The van der Waals surface area contributed by atoms with Crippen LogP contribution in [0, 0.1) is 0 Å². The summed E-state index contributed by atoms with van der Waals surface area (Å²) in [6.45, 7) is 2.00. The van der Waals surface area contributed by atoms with Crippen molar-refractivity contribution < 1.29 is 22.7 Å². The number of amides is 2. The molecule has 1 fully saturated rings. The Morgan fingerprint density at radius 2 is 1.51 bits per heavy atom. The Kier molecular flexibility index (Phi) is 8.42. The molecule has 1 aliphatic heterocycles. The third kappa shape index (κ3) is 6.46. The van der Waals surface area contributed by atoms with Crippen LogP contribution >= 0.6 is 0 Å². The van der Waals surface area contributed by atoms with Gasteiger partial charge in [-0.15, -0.1) is 0 Å². The highest BCUT2D eigenvalue weighted by Crippen LogP contribution is 2.29. The lowest BCUT2D eigenvalue weighted by atomic mass is 10.2.